The van der Waals surface area contributed by atoms with Crippen LogP contribution in [0.15, 0.2) is 0 Å². The van der Waals surface area contributed by atoms with Gasteiger partial charge in [-0.2, -0.15) is 0 Å². The van der Waals surface area contributed by atoms with E-state index in [9.17, 15) is 8.78 Å². The first-order chi connectivity index (χ1) is 8.08. The van der Waals surface area contributed by atoms with Crippen molar-refractivity contribution in [3.8, 4) is 0 Å². The molecule has 17 heavy (non-hydrogen) atoms. The molecule has 0 aromatic rings. The molecule has 102 valence electrons. The molecule has 2 N–H and O–H groups in total. The molecule has 4 heteroatoms. The standard InChI is InChI=1S/C13H26F2N2/c1-3-4-10-5-6-11(8-16)12(7-10)17(2)9-13(14)15/h10-13H,3-9,16H2,1-2H3. The molecule has 0 heterocycles. The summed E-state index contributed by atoms with van der Waals surface area (Å²) < 4.78 is 24.9. The van der Waals surface area contributed by atoms with E-state index < -0.39 is 6.43 Å². The highest BCUT2D eigenvalue weighted by atomic mass is 19.3. The highest BCUT2D eigenvalue weighted by molar-refractivity contribution is 4.86. The second-order valence-electron chi connectivity index (χ2n) is 5.36. The van der Waals surface area contributed by atoms with E-state index in [1.807, 2.05) is 11.9 Å². The van der Waals surface area contributed by atoms with Crippen molar-refractivity contribution in [3.63, 3.8) is 0 Å². The summed E-state index contributed by atoms with van der Waals surface area (Å²) in [6.45, 7) is 2.68. The van der Waals surface area contributed by atoms with E-state index in [0.717, 1.165) is 12.8 Å². The summed E-state index contributed by atoms with van der Waals surface area (Å²) in [5.74, 6) is 1.10. The monoisotopic (exact) mass is 248 g/mol. The zero-order chi connectivity index (χ0) is 12.8. The van der Waals surface area contributed by atoms with Crippen molar-refractivity contribution in [2.75, 3.05) is 20.1 Å². The van der Waals surface area contributed by atoms with Gasteiger partial charge in [0.15, 0.2) is 0 Å². The number of alkyl halides is 2. The van der Waals surface area contributed by atoms with E-state index in [2.05, 4.69) is 6.92 Å². The lowest BCUT2D eigenvalue weighted by Crippen LogP contribution is -2.46. The topological polar surface area (TPSA) is 29.3 Å². The van der Waals surface area contributed by atoms with Gasteiger partial charge in [0.05, 0.1) is 6.54 Å². The molecule has 0 aromatic carbocycles. The maximum Gasteiger partial charge on any atom is 0.251 e. The first-order valence-corrected chi connectivity index (χ1v) is 6.76. The lowest BCUT2D eigenvalue weighted by Gasteiger charge is -2.41. The molecule has 0 amide bonds. The Morgan fingerprint density at radius 2 is 2.06 bits per heavy atom. The normalized spacial score (nSPS) is 30.2. The summed E-state index contributed by atoms with van der Waals surface area (Å²) in [5, 5.41) is 0. The van der Waals surface area contributed by atoms with Crippen LogP contribution in [-0.4, -0.2) is 37.5 Å². The van der Waals surface area contributed by atoms with Gasteiger partial charge in [-0.25, -0.2) is 8.78 Å². The van der Waals surface area contributed by atoms with Gasteiger partial charge in [0.2, 0.25) is 0 Å². The van der Waals surface area contributed by atoms with Crippen LogP contribution in [0.4, 0.5) is 8.78 Å². The van der Waals surface area contributed by atoms with Gasteiger partial charge in [-0.15, -0.1) is 0 Å². The molecule has 3 atom stereocenters. The van der Waals surface area contributed by atoms with E-state index in [0.29, 0.717) is 18.4 Å². The summed E-state index contributed by atoms with van der Waals surface area (Å²) in [6.07, 6.45) is 3.51. The van der Waals surface area contributed by atoms with Crippen LogP contribution >= 0.6 is 0 Å². The maximum atomic E-state index is 12.4. The zero-order valence-corrected chi connectivity index (χ0v) is 11.0. The maximum absolute atomic E-state index is 12.4. The van der Waals surface area contributed by atoms with Crippen molar-refractivity contribution in [2.24, 2.45) is 17.6 Å². The van der Waals surface area contributed by atoms with Gasteiger partial charge in [-0.1, -0.05) is 26.2 Å². The van der Waals surface area contributed by atoms with E-state index in [1.165, 1.54) is 19.3 Å². The molecule has 3 unspecified atom stereocenters. The van der Waals surface area contributed by atoms with Gasteiger partial charge < -0.3 is 5.73 Å². The summed E-state index contributed by atoms with van der Waals surface area (Å²) >= 11 is 0. The molecule has 0 bridgehead atoms. The van der Waals surface area contributed by atoms with E-state index in [1.54, 1.807) is 0 Å². The van der Waals surface area contributed by atoms with Crippen molar-refractivity contribution in [1.29, 1.82) is 0 Å². The Labute approximate surface area is 104 Å². The van der Waals surface area contributed by atoms with E-state index in [-0.39, 0.29) is 12.6 Å². The lowest BCUT2D eigenvalue weighted by molar-refractivity contribution is 0.0395. The fourth-order valence-corrected chi connectivity index (χ4v) is 3.13. The molecular formula is C13H26F2N2. The Hall–Kier alpha value is -0.220. The van der Waals surface area contributed by atoms with Gasteiger partial charge in [0.25, 0.3) is 6.43 Å². The third kappa shape index (κ3) is 4.51. The van der Waals surface area contributed by atoms with Crippen molar-refractivity contribution < 1.29 is 8.78 Å². The summed E-state index contributed by atoms with van der Waals surface area (Å²) in [6, 6.07) is 0.249. The van der Waals surface area contributed by atoms with Crippen molar-refractivity contribution >= 4 is 0 Å². The highest BCUT2D eigenvalue weighted by Gasteiger charge is 2.32. The van der Waals surface area contributed by atoms with E-state index in [4.69, 9.17) is 5.73 Å². The number of hydrogen-bond donors (Lipinski definition) is 1. The average Bonchev–Trinajstić information content (AvgIpc) is 2.28. The smallest absolute Gasteiger partial charge is 0.251 e. The molecule has 2 nitrogen and oxygen atoms in total. The molecule has 0 aliphatic heterocycles. The van der Waals surface area contributed by atoms with Crippen LogP contribution in [0.3, 0.4) is 0 Å². The molecule has 1 rings (SSSR count). The Kier molecular flexibility index (Phi) is 6.34. The molecule has 0 saturated heterocycles. The molecule has 0 spiro atoms. The second kappa shape index (κ2) is 7.27. The Balaban J connectivity index is 2.55. The lowest BCUT2D eigenvalue weighted by atomic mass is 9.76. The molecule has 1 saturated carbocycles. The van der Waals surface area contributed by atoms with Crippen LogP contribution in [0.5, 0.6) is 0 Å². The zero-order valence-electron chi connectivity index (χ0n) is 11.0. The summed E-state index contributed by atoms with van der Waals surface area (Å²) in [7, 11) is 1.81. The largest absolute Gasteiger partial charge is 0.330 e. The molecule has 0 aromatic heterocycles. The van der Waals surface area contributed by atoms with Crippen LogP contribution < -0.4 is 5.73 Å². The fraction of sp³-hybridized carbons (Fsp3) is 1.00. The van der Waals surface area contributed by atoms with Crippen molar-refractivity contribution in [3.05, 3.63) is 0 Å². The van der Waals surface area contributed by atoms with Gasteiger partial charge in [-0.05, 0) is 38.3 Å². The molecular weight excluding hydrogens is 222 g/mol. The Morgan fingerprint density at radius 3 is 2.59 bits per heavy atom. The minimum Gasteiger partial charge on any atom is -0.330 e. The predicted octanol–water partition coefficient (Wildman–Crippen LogP) is 2.73. The molecule has 1 aliphatic carbocycles. The quantitative estimate of drug-likeness (QED) is 0.783. The van der Waals surface area contributed by atoms with Gasteiger partial charge >= 0.3 is 0 Å². The SMILES string of the molecule is CCCC1CCC(CN)C(N(C)CC(F)F)C1. The number of nitrogens with zero attached hydrogens (tertiary/aromatic N) is 1. The first kappa shape index (κ1) is 14.8. The van der Waals surface area contributed by atoms with Crippen LogP contribution in [0.2, 0.25) is 0 Å². The highest BCUT2D eigenvalue weighted by Crippen LogP contribution is 2.34. The average molecular weight is 248 g/mol. The van der Waals surface area contributed by atoms with E-state index >= 15 is 0 Å². The Bertz CT molecular complexity index is 212. The number of nitrogens with two attached hydrogens (primary N) is 1. The van der Waals surface area contributed by atoms with Crippen LogP contribution in [0.1, 0.15) is 39.0 Å². The van der Waals surface area contributed by atoms with Gasteiger partial charge in [-0.3, -0.25) is 4.90 Å². The van der Waals surface area contributed by atoms with Crippen molar-refractivity contribution in [1.82, 2.24) is 4.90 Å². The van der Waals surface area contributed by atoms with Crippen LogP contribution in [0.25, 0.3) is 0 Å². The third-order valence-corrected chi connectivity index (χ3v) is 4.06. The fourth-order valence-electron chi connectivity index (χ4n) is 3.13. The number of hydrogen-bond acceptors (Lipinski definition) is 2. The van der Waals surface area contributed by atoms with Crippen molar-refractivity contribution in [2.45, 2.75) is 51.5 Å². The van der Waals surface area contributed by atoms with Gasteiger partial charge in [0.1, 0.15) is 0 Å². The molecule has 1 aliphatic rings. The number of halogens is 2. The minimum absolute atomic E-state index is 0.125. The predicted molar refractivity (Wildman–Crippen MR) is 67.2 cm³/mol. The van der Waals surface area contributed by atoms with Crippen LogP contribution in [0, 0.1) is 11.8 Å². The summed E-state index contributed by atoms with van der Waals surface area (Å²) in [5.41, 5.74) is 5.77. The number of rotatable bonds is 6. The molecule has 1 fully saturated rings. The molecule has 0 radical (unpaired) electrons. The minimum atomic E-state index is -2.25. The second-order valence-corrected chi connectivity index (χ2v) is 5.36. The third-order valence-electron chi connectivity index (χ3n) is 4.06. The van der Waals surface area contributed by atoms with Crippen LogP contribution in [-0.2, 0) is 0 Å². The van der Waals surface area contributed by atoms with Gasteiger partial charge in [0, 0.05) is 6.04 Å². The first-order valence-electron chi connectivity index (χ1n) is 6.76. The summed E-state index contributed by atoms with van der Waals surface area (Å²) in [4.78, 5) is 1.82. The Morgan fingerprint density at radius 1 is 1.35 bits per heavy atom.